The van der Waals surface area contributed by atoms with Crippen LogP contribution in [0.3, 0.4) is 0 Å². The Morgan fingerprint density at radius 3 is 2.40 bits per heavy atom. The summed E-state index contributed by atoms with van der Waals surface area (Å²) in [6, 6.07) is 15.0. The summed E-state index contributed by atoms with van der Waals surface area (Å²) in [5.41, 5.74) is 10.6. The third-order valence-corrected chi connectivity index (χ3v) is 4.37. The number of nitrogens with one attached hydrogen (secondary N) is 1. The molecule has 0 saturated heterocycles. The molecule has 0 unspecified atom stereocenters. The van der Waals surface area contributed by atoms with E-state index in [1.807, 2.05) is 18.2 Å². The van der Waals surface area contributed by atoms with E-state index >= 15 is 0 Å². The monoisotopic (exact) mass is 346 g/mol. The van der Waals surface area contributed by atoms with Crippen LogP contribution in [0, 0.1) is 0 Å². The van der Waals surface area contributed by atoms with Crippen LogP contribution in [0.2, 0.25) is 0 Å². The van der Waals surface area contributed by atoms with Crippen molar-refractivity contribution in [3.8, 4) is 0 Å². The average molecular weight is 347 g/mol. The smallest absolute Gasteiger partial charge is 0.106 e. The Kier molecular flexibility index (Phi) is 3.76. The first-order valence-electron chi connectivity index (χ1n) is 6.56. The lowest BCUT2D eigenvalue weighted by Crippen LogP contribution is -2.22. The predicted molar refractivity (Wildman–Crippen MR) is 91.3 cm³/mol. The number of benzene rings is 2. The van der Waals surface area contributed by atoms with Gasteiger partial charge in [0.25, 0.3) is 0 Å². The summed E-state index contributed by atoms with van der Waals surface area (Å²) in [5, 5.41) is 3.58. The number of nitrogens with two attached hydrogens (primary N) is 1. The molecule has 2 nitrogen and oxygen atoms in total. The van der Waals surface area contributed by atoms with Gasteiger partial charge < -0.3 is 11.1 Å². The fourth-order valence-corrected chi connectivity index (χ4v) is 3.26. The van der Waals surface area contributed by atoms with Crippen LogP contribution in [-0.4, -0.2) is 11.0 Å². The van der Waals surface area contributed by atoms with Gasteiger partial charge in [0.1, 0.15) is 4.99 Å². The highest BCUT2D eigenvalue weighted by molar-refractivity contribution is 9.10. The maximum Gasteiger partial charge on any atom is 0.106 e. The predicted octanol–water partition coefficient (Wildman–Crippen LogP) is 3.66. The molecule has 0 bridgehead atoms. The van der Waals surface area contributed by atoms with E-state index < -0.39 is 0 Å². The van der Waals surface area contributed by atoms with Gasteiger partial charge in [0.2, 0.25) is 0 Å². The summed E-state index contributed by atoms with van der Waals surface area (Å²) in [5.74, 6) is 0. The first-order valence-corrected chi connectivity index (χ1v) is 7.76. The first kappa shape index (κ1) is 13.6. The Morgan fingerprint density at radius 1 is 1.15 bits per heavy atom. The van der Waals surface area contributed by atoms with Gasteiger partial charge in [-0.25, -0.2) is 0 Å². The molecule has 3 rings (SSSR count). The molecule has 0 spiro atoms. The number of rotatable bonds is 3. The largest absolute Gasteiger partial charge is 0.389 e. The van der Waals surface area contributed by atoms with E-state index in [1.165, 1.54) is 11.1 Å². The van der Waals surface area contributed by atoms with Crippen molar-refractivity contribution in [2.45, 2.75) is 18.9 Å². The molecule has 0 aromatic heterocycles. The highest BCUT2D eigenvalue weighted by Crippen LogP contribution is 2.27. The lowest BCUT2D eigenvalue weighted by molar-refractivity contribution is 0.774. The van der Waals surface area contributed by atoms with Crippen molar-refractivity contribution in [1.29, 1.82) is 0 Å². The van der Waals surface area contributed by atoms with Crippen molar-refractivity contribution >= 4 is 38.8 Å². The second-order valence-corrected chi connectivity index (χ2v) is 6.43. The van der Waals surface area contributed by atoms with Crippen molar-refractivity contribution in [3.05, 3.63) is 63.6 Å². The molecule has 1 aliphatic carbocycles. The molecule has 20 heavy (non-hydrogen) atoms. The normalized spacial score (nSPS) is 14.1. The number of thiocarbonyl (C=S) groups is 1. The molecular formula is C16H15BrN2S. The third kappa shape index (κ3) is 2.72. The van der Waals surface area contributed by atoms with Crippen LogP contribution in [-0.2, 0) is 12.8 Å². The standard InChI is InChI=1S/C16H15BrN2S/c17-12-5-6-15(14(9-12)16(18)20)19-13-7-10-3-1-2-4-11(10)8-13/h1-6,9,13,19H,7-8H2,(H2,18,20). The molecule has 2 aromatic carbocycles. The van der Waals surface area contributed by atoms with Gasteiger partial charge in [-0.05, 0) is 42.2 Å². The van der Waals surface area contributed by atoms with Crippen molar-refractivity contribution in [2.24, 2.45) is 5.73 Å². The van der Waals surface area contributed by atoms with Crippen LogP contribution in [0.5, 0.6) is 0 Å². The summed E-state index contributed by atoms with van der Waals surface area (Å²) in [6.45, 7) is 0. The Hall–Kier alpha value is -1.39. The molecule has 4 heteroatoms. The Morgan fingerprint density at radius 2 is 1.80 bits per heavy atom. The van der Waals surface area contributed by atoms with E-state index in [4.69, 9.17) is 18.0 Å². The van der Waals surface area contributed by atoms with Crippen molar-refractivity contribution in [1.82, 2.24) is 0 Å². The maximum atomic E-state index is 5.81. The van der Waals surface area contributed by atoms with Gasteiger partial charge in [-0.1, -0.05) is 52.4 Å². The molecule has 3 N–H and O–H groups in total. The number of anilines is 1. The first-order chi connectivity index (χ1) is 9.63. The second kappa shape index (κ2) is 5.54. The Bertz CT molecular complexity index is 644. The fourth-order valence-electron chi connectivity index (χ4n) is 2.73. The molecule has 2 aromatic rings. The SMILES string of the molecule is NC(=S)c1cc(Br)ccc1NC1Cc2ccccc2C1. The Labute approximate surface area is 132 Å². The average Bonchev–Trinajstić information content (AvgIpc) is 2.82. The zero-order valence-corrected chi connectivity index (χ0v) is 13.3. The molecule has 0 aliphatic heterocycles. The van der Waals surface area contributed by atoms with E-state index in [0.29, 0.717) is 11.0 Å². The summed E-state index contributed by atoms with van der Waals surface area (Å²) < 4.78 is 0.987. The highest BCUT2D eigenvalue weighted by atomic mass is 79.9. The molecular weight excluding hydrogens is 332 g/mol. The van der Waals surface area contributed by atoms with Crippen LogP contribution in [0.4, 0.5) is 5.69 Å². The Balaban J connectivity index is 1.82. The van der Waals surface area contributed by atoms with Crippen LogP contribution >= 0.6 is 28.1 Å². The zero-order chi connectivity index (χ0) is 14.1. The minimum atomic E-state index is 0.404. The van der Waals surface area contributed by atoms with Crippen molar-refractivity contribution in [2.75, 3.05) is 5.32 Å². The van der Waals surface area contributed by atoms with Gasteiger partial charge in [0.05, 0.1) is 0 Å². The molecule has 0 fully saturated rings. The zero-order valence-electron chi connectivity index (χ0n) is 10.9. The summed E-state index contributed by atoms with van der Waals surface area (Å²) in [4.78, 5) is 0.421. The molecule has 0 amide bonds. The molecule has 1 aliphatic rings. The summed E-state index contributed by atoms with van der Waals surface area (Å²) in [6.07, 6.45) is 2.09. The van der Waals surface area contributed by atoms with Gasteiger partial charge in [-0.3, -0.25) is 0 Å². The minimum absolute atomic E-state index is 0.404. The molecule has 0 radical (unpaired) electrons. The number of fused-ring (bicyclic) bond motifs is 1. The van der Waals surface area contributed by atoms with Crippen LogP contribution in [0.25, 0.3) is 0 Å². The van der Waals surface area contributed by atoms with Gasteiger partial charge in [-0.15, -0.1) is 0 Å². The number of hydrogen-bond donors (Lipinski definition) is 2. The second-order valence-electron chi connectivity index (χ2n) is 5.07. The molecule has 0 atom stereocenters. The molecule has 102 valence electrons. The van der Waals surface area contributed by atoms with E-state index in [2.05, 4.69) is 45.5 Å². The van der Waals surface area contributed by atoms with E-state index in [1.54, 1.807) is 0 Å². The van der Waals surface area contributed by atoms with Crippen LogP contribution in [0.15, 0.2) is 46.9 Å². The van der Waals surface area contributed by atoms with Crippen molar-refractivity contribution < 1.29 is 0 Å². The summed E-state index contributed by atoms with van der Waals surface area (Å²) >= 11 is 8.59. The van der Waals surface area contributed by atoms with Gasteiger partial charge in [0, 0.05) is 21.8 Å². The topological polar surface area (TPSA) is 38.0 Å². The third-order valence-electron chi connectivity index (χ3n) is 3.66. The lowest BCUT2D eigenvalue weighted by Gasteiger charge is -2.17. The van der Waals surface area contributed by atoms with E-state index in [-0.39, 0.29) is 0 Å². The minimum Gasteiger partial charge on any atom is -0.389 e. The molecule has 0 heterocycles. The molecule has 0 saturated carbocycles. The van der Waals surface area contributed by atoms with Crippen molar-refractivity contribution in [3.63, 3.8) is 0 Å². The maximum absolute atomic E-state index is 5.81. The van der Waals surface area contributed by atoms with E-state index in [0.717, 1.165) is 28.6 Å². The van der Waals surface area contributed by atoms with Crippen LogP contribution < -0.4 is 11.1 Å². The fraction of sp³-hybridized carbons (Fsp3) is 0.188. The van der Waals surface area contributed by atoms with Gasteiger partial charge in [0.15, 0.2) is 0 Å². The van der Waals surface area contributed by atoms with Gasteiger partial charge >= 0.3 is 0 Å². The quantitative estimate of drug-likeness (QED) is 0.833. The highest BCUT2D eigenvalue weighted by Gasteiger charge is 2.21. The summed E-state index contributed by atoms with van der Waals surface area (Å²) in [7, 11) is 0. The number of halogens is 1. The van der Waals surface area contributed by atoms with Crippen LogP contribution in [0.1, 0.15) is 16.7 Å². The lowest BCUT2D eigenvalue weighted by atomic mass is 10.1. The van der Waals surface area contributed by atoms with Gasteiger partial charge in [-0.2, -0.15) is 0 Å². The number of hydrogen-bond acceptors (Lipinski definition) is 2. The van der Waals surface area contributed by atoms with E-state index in [9.17, 15) is 0 Å².